The van der Waals surface area contributed by atoms with E-state index >= 15 is 0 Å². The van der Waals surface area contributed by atoms with Gasteiger partial charge in [-0.1, -0.05) is 51.2 Å². The number of likely N-dealkylation sites (N-methyl/N-ethyl adjacent to an activating group) is 1. The molecule has 1 aromatic carbocycles. The van der Waals surface area contributed by atoms with Crippen molar-refractivity contribution < 1.29 is 22.8 Å². The van der Waals surface area contributed by atoms with E-state index in [0.29, 0.717) is 23.1 Å². The first-order chi connectivity index (χ1) is 14.5. The molecule has 1 aliphatic heterocycles. The molecule has 0 radical (unpaired) electrons. The number of nitrogens with one attached hydrogen (secondary N) is 2. The van der Waals surface area contributed by atoms with Crippen molar-refractivity contribution in [1.29, 1.82) is 0 Å². The van der Waals surface area contributed by atoms with Crippen molar-refractivity contribution in [3.05, 3.63) is 29.8 Å². The van der Waals surface area contributed by atoms with Gasteiger partial charge in [-0.15, -0.1) is 0 Å². The molecule has 0 amide bonds. The number of quaternary nitrogens is 1. The highest BCUT2D eigenvalue weighted by Gasteiger charge is 2.45. The van der Waals surface area contributed by atoms with E-state index in [-0.39, 0.29) is 6.42 Å². The molecule has 1 heterocycles. The monoisotopic (exact) mass is 454 g/mol. The first kappa shape index (κ1) is 25.6. The SMILES string of the molecule is CCCCCCCCc1ccc(NS(=O)(=O)NC2(CC(=O)O)CCC[N+](C)(C)C2)cc1. The van der Waals surface area contributed by atoms with Crippen molar-refractivity contribution >= 4 is 21.9 Å². The van der Waals surface area contributed by atoms with Gasteiger partial charge in [0, 0.05) is 5.69 Å². The summed E-state index contributed by atoms with van der Waals surface area (Å²) in [6, 6.07) is 7.46. The summed E-state index contributed by atoms with van der Waals surface area (Å²) in [5.41, 5.74) is 0.686. The molecule has 1 aliphatic rings. The molecule has 8 heteroatoms. The zero-order chi connectivity index (χ0) is 23.0. The van der Waals surface area contributed by atoms with E-state index in [9.17, 15) is 18.3 Å². The Kier molecular flexibility index (Phi) is 9.33. The highest BCUT2D eigenvalue weighted by atomic mass is 32.2. The maximum atomic E-state index is 12.8. The third-order valence-corrected chi connectivity index (χ3v) is 7.22. The quantitative estimate of drug-likeness (QED) is 0.311. The number of aryl methyl sites for hydroxylation is 1. The molecule has 1 fully saturated rings. The van der Waals surface area contributed by atoms with Gasteiger partial charge in [-0.2, -0.15) is 13.1 Å². The Morgan fingerprint density at radius 2 is 1.74 bits per heavy atom. The third kappa shape index (κ3) is 9.17. The van der Waals surface area contributed by atoms with Crippen molar-refractivity contribution in [2.24, 2.45) is 0 Å². The molecule has 0 spiro atoms. The van der Waals surface area contributed by atoms with Crippen LogP contribution >= 0.6 is 0 Å². The lowest BCUT2D eigenvalue weighted by Gasteiger charge is -2.45. The molecular formula is C23H40N3O4S+. The molecule has 1 saturated heterocycles. The van der Waals surface area contributed by atoms with Crippen LogP contribution in [0, 0.1) is 0 Å². The van der Waals surface area contributed by atoms with Gasteiger partial charge >= 0.3 is 5.97 Å². The van der Waals surface area contributed by atoms with Crippen molar-refractivity contribution in [2.45, 2.75) is 76.7 Å². The van der Waals surface area contributed by atoms with Crippen molar-refractivity contribution in [3.63, 3.8) is 0 Å². The number of aliphatic carboxylic acids is 1. The minimum atomic E-state index is -3.90. The van der Waals surface area contributed by atoms with E-state index in [0.717, 1.165) is 25.8 Å². The molecule has 7 nitrogen and oxygen atoms in total. The second-order valence-corrected chi connectivity index (χ2v) is 11.1. The lowest BCUT2D eigenvalue weighted by atomic mass is 9.86. The maximum Gasteiger partial charge on any atom is 0.305 e. The van der Waals surface area contributed by atoms with E-state index in [4.69, 9.17) is 0 Å². The van der Waals surface area contributed by atoms with E-state index in [1.165, 1.54) is 37.7 Å². The average Bonchev–Trinajstić information content (AvgIpc) is 2.63. The van der Waals surface area contributed by atoms with Crippen LogP contribution in [-0.2, 0) is 21.4 Å². The van der Waals surface area contributed by atoms with Crippen LogP contribution in [0.3, 0.4) is 0 Å². The van der Waals surface area contributed by atoms with Gasteiger partial charge in [0.15, 0.2) is 0 Å². The molecule has 0 aliphatic carbocycles. The first-order valence-corrected chi connectivity index (χ1v) is 13.0. The van der Waals surface area contributed by atoms with E-state index in [1.54, 1.807) is 12.1 Å². The molecule has 1 atom stereocenters. The molecule has 176 valence electrons. The number of hydrogen-bond donors (Lipinski definition) is 3. The number of rotatable bonds is 13. The standard InChI is InChI=1S/C23H39N3O4S/c1-4-5-6-7-8-9-11-20-12-14-21(15-13-20)24-31(29,30)25-23(18-22(27)28)16-10-17-26(2,3)19-23/h12-15,24-25H,4-11,16-19H2,1-3H3/p+1. The molecule has 1 unspecified atom stereocenters. The Labute approximate surface area is 188 Å². The number of nitrogens with zero attached hydrogens (tertiary/aromatic N) is 1. The van der Waals surface area contributed by atoms with Crippen molar-refractivity contribution in [1.82, 2.24) is 4.72 Å². The van der Waals surface area contributed by atoms with Crippen LogP contribution in [-0.4, -0.2) is 56.7 Å². The molecule has 31 heavy (non-hydrogen) atoms. The van der Waals surface area contributed by atoms with Crippen LogP contribution in [0.25, 0.3) is 0 Å². The predicted molar refractivity (Wildman–Crippen MR) is 125 cm³/mol. The predicted octanol–water partition coefficient (Wildman–Crippen LogP) is 3.92. The van der Waals surface area contributed by atoms with Crippen LogP contribution in [0.2, 0.25) is 0 Å². The summed E-state index contributed by atoms with van der Waals surface area (Å²) < 4.78 is 31.5. The van der Waals surface area contributed by atoms with Crippen molar-refractivity contribution in [3.8, 4) is 0 Å². The third-order valence-electron chi connectivity index (χ3n) is 6.02. The highest BCUT2D eigenvalue weighted by molar-refractivity contribution is 7.90. The van der Waals surface area contributed by atoms with Gasteiger partial charge in [-0.05, 0) is 43.4 Å². The van der Waals surface area contributed by atoms with E-state index in [2.05, 4.69) is 16.4 Å². The maximum absolute atomic E-state index is 12.8. The average molecular weight is 455 g/mol. The number of unbranched alkanes of at least 4 members (excludes halogenated alkanes) is 5. The Morgan fingerprint density at radius 1 is 1.10 bits per heavy atom. The Balaban J connectivity index is 1.95. The largest absolute Gasteiger partial charge is 0.481 e. The van der Waals surface area contributed by atoms with Crippen molar-refractivity contribution in [2.75, 3.05) is 31.9 Å². The Hall–Kier alpha value is -1.64. The van der Waals surface area contributed by atoms with Gasteiger partial charge in [-0.3, -0.25) is 9.52 Å². The minimum absolute atomic E-state index is 0.229. The number of carboxylic acid groups (broad SMARTS) is 1. The summed E-state index contributed by atoms with van der Waals surface area (Å²) in [7, 11) is 0.0956. The lowest BCUT2D eigenvalue weighted by Crippen LogP contribution is -2.64. The second-order valence-electron chi connectivity index (χ2n) is 9.69. The zero-order valence-electron chi connectivity index (χ0n) is 19.3. The number of likely N-dealkylation sites (tertiary alicyclic amines) is 1. The van der Waals surface area contributed by atoms with E-state index < -0.39 is 21.7 Å². The van der Waals surface area contributed by atoms with Crippen LogP contribution in [0.5, 0.6) is 0 Å². The van der Waals surface area contributed by atoms with Crippen LogP contribution in [0.15, 0.2) is 24.3 Å². The molecule has 3 N–H and O–H groups in total. The fraction of sp³-hybridized carbons (Fsp3) is 0.696. The number of anilines is 1. The summed E-state index contributed by atoms with van der Waals surface area (Å²) in [5, 5.41) is 9.39. The topological polar surface area (TPSA) is 95.5 Å². The summed E-state index contributed by atoms with van der Waals surface area (Å²) in [6.07, 6.45) is 9.52. The summed E-state index contributed by atoms with van der Waals surface area (Å²) in [6.45, 7) is 3.56. The number of benzene rings is 1. The fourth-order valence-electron chi connectivity index (χ4n) is 4.69. The Morgan fingerprint density at radius 3 is 2.35 bits per heavy atom. The molecule has 1 aromatic rings. The van der Waals surface area contributed by atoms with E-state index in [1.807, 2.05) is 26.2 Å². The van der Waals surface area contributed by atoms with Crippen LogP contribution in [0.4, 0.5) is 5.69 Å². The number of hydrogen-bond acceptors (Lipinski definition) is 3. The van der Waals surface area contributed by atoms with Gasteiger partial charge in [0.1, 0.15) is 0 Å². The molecule has 0 bridgehead atoms. The Bertz CT molecular complexity index is 809. The summed E-state index contributed by atoms with van der Waals surface area (Å²) in [5.74, 6) is -0.997. The zero-order valence-corrected chi connectivity index (χ0v) is 20.1. The fourth-order valence-corrected chi connectivity index (χ4v) is 6.00. The normalized spacial score (nSPS) is 21.0. The number of carboxylic acids is 1. The van der Waals surface area contributed by atoms with Crippen LogP contribution in [0.1, 0.15) is 70.3 Å². The van der Waals surface area contributed by atoms with Gasteiger partial charge < -0.3 is 9.59 Å². The number of piperidine rings is 1. The van der Waals surface area contributed by atoms with Gasteiger partial charge in [-0.25, -0.2) is 0 Å². The van der Waals surface area contributed by atoms with Gasteiger partial charge in [0.2, 0.25) is 0 Å². The highest BCUT2D eigenvalue weighted by Crippen LogP contribution is 2.28. The molecule has 2 rings (SSSR count). The lowest BCUT2D eigenvalue weighted by molar-refractivity contribution is -0.899. The number of carbonyl (C=O) groups is 1. The molecular weight excluding hydrogens is 414 g/mol. The summed E-state index contributed by atoms with van der Waals surface area (Å²) in [4.78, 5) is 11.5. The van der Waals surface area contributed by atoms with Gasteiger partial charge in [0.05, 0.1) is 39.1 Å². The molecule has 0 saturated carbocycles. The second kappa shape index (κ2) is 11.3. The first-order valence-electron chi connectivity index (χ1n) is 11.5. The summed E-state index contributed by atoms with van der Waals surface area (Å²) >= 11 is 0. The van der Waals surface area contributed by atoms with Crippen LogP contribution < -0.4 is 9.44 Å². The molecule has 0 aromatic heterocycles. The minimum Gasteiger partial charge on any atom is -0.481 e. The smallest absolute Gasteiger partial charge is 0.305 e. The van der Waals surface area contributed by atoms with Gasteiger partial charge in [0.25, 0.3) is 10.2 Å².